The van der Waals surface area contributed by atoms with Crippen molar-refractivity contribution >= 4 is 0 Å². The second-order valence-electron chi connectivity index (χ2n) is 4.28. The topological polar surface area (TPSA) is 35.2 Å². The molecular weight excluding hydrogens is 217 g/mol. The molecule has 0 saturated carbocycles. The third-order valence-corrected chi connectivity index (χ3v) is 3.07. The lowest BCUT2D eigenvalue weighted by Crippen LogP contribution is -2.12. The van der Waals surface area contributed by atoms with Crippen molar-refractivity contribution in [3.8, 4) is 5.75 Å². The van der Waals surface area contributed by atoms with Crippen LogP contribution in [0.1, 0.15) is 32.3 Å². The molecule has 3 heteroatoms. The zero-order valence-corrected chi connectivity index (χ0v) is 10.7. The first-order valence-corrected chi connectivity index (χ1v) is 6.32. The highest BCUT2D eigenvalue weighted by Crippen LogP contribution is 2.21. The van der Waals surface area contributed by atoms with Crippen LogP contribution in [0.25, 0.3) is 0 Å². The molecule has 1 rings (SSSR count). The Bertz CT molecular complexity index is 337. The van der Waals surface area contributed by atoms with E-state index in [4.69, 9.17) is 10.5 Å². The molecule has 96 valence electrons. The Labute approximate surface area is 103 Å². The molecular formula is C14H22FNO. The van der Waals surface area contributed by atoms with Crippen LogP contribution in [-0.2, 0) is 6.42 Å². The van der Waals surface area contributed by atoms with Gasteiger partial charge < -0.3 is 10.5 Å². The van der Waals surface area contributed by atoms with Crippen molar-refractivity contribution in [3.05, 3.63) is 29.6 Å². The number of benzene rings is 1. The summed E-state index contributed by atoms with van der Waals surface area (Å²) in [5, 5.41) is 0. The van der Waals surface area contributed by atoms with Gasteiger partial charge in [0.05, 0.1) is 6.61 Å². The number of hydrogen-bond donors (Lipinski definition) is 1. The highest BCUT2D eigenvalue weighted by Gasteiger charge is 2.08. The van der Waals surface area contributed by atoms with Gasteiger partial charge in [-0.1, -0.05) is 26.7 Å². The van der Waals surface area contributed by atoms with Crippen LogP contribution in [0.15, 0.2) is 18.2 Å². The van der Waals surface area contributed by atoms with Gasteiger partial charge in [0, 0.05) is 0 Å². The minimum Gasteiger partial charge on any atom is -0.493 e. The monoisotopic (exact) mass is 239 g/mol. The van der Waals surface area contributed by atoms with Crippen LogP contribution in [0.2, 0.25) is 0 Å². The molecule has 0 bridgehead atoms. The van der Waals surface area contributed by atoms with E-state index in [1.54, 1.807) is 6.07 Å². The van der Waals surface area contributed by atoms with E-state index in [1.165, 1.54) is 12.1 Å². The smallest absolute Gasteiger partial charge is 0.123 e. The Morgan fingerprint density at radius 1 is 1.29 bits per heavy atom. The molecule has 0 atom stereocenters. The van der Waals surface area contributed by atoms with E-state index in [2.05, 4.69) is 13.8 Å². The van der Waals surface area contributed by atoms with Gasteiger partial charge in [0.2, 0.25) is 0 Å². The van der Waals surface area contributed by atoms with E-state index < -0.39 is 0 Å². The van der Waals surface area contributed by atoms with Gasteiger partial charge in [-0.2, -0.15) is 0 Å². The molecule has 17 heavy (non-hydrogen) atoms. The molecule has 0 amide bonds. The summed E-state index contributed by atoms with van der Waals surface area (Å²) in [4.78, 5) is 0. The lowest BCUT2D eigenvalue weighted by molar-refractivity contribution is 0.238. The van der Waals surface area contributed by atoms with Crippen molar-refractivity contribution < 1.29 is 9.13 Å². The van der Waals surface area contributed by atoms with Gasteiger partial charge in [0.25, 0.3) is 0 Å². The Morgan fingerprint density at radius 2 is 2.00 bits per heavy atom. The highest BCUT2D eigenvalue weighted by atomic mass is 19.1. The van der Waals surface area contributed by atoms with Crippen molar-refractivity contribution in [3.63, 3.8) is 0 Å². The summed E-state index contributed by atoms with van der Waals surface area (Å²) in [7, 11) is 0. The Kier molecular flexibility index (Phi) is 5.98. The molecule has 0 heterocycles. The standard InChI is InChI=1S/C14H22FNO/c1-3-11(4-2)10-17-14-6-5-13(15)9-12(14)7-8-16/h5-6,9,11H,3-4,7-8,10,16H2,1-2H3. The van der Waals surface area contributed by atoms with Crippen LogP contribution in [0.3, 0.4) is 0 Å². The van der Waals surface area contributed by atoms with Crippen LogP contribution in [-0.4, -0.2) is 13.2 Å². The minimum absolute atomic E-state index is 0.233. The highest BCUT2D eigenvalue weighted by molar-refractivity contribution is 5.34. The maximum atomic E-state index is 13.1. The van der Waals surface area contributed by atoms with Crippen LogP contribution in [0.5, 0.6) is 5.75 Å². The first kappa shape index (κ1) is 14.0. The molecule has 0 aliphatic heterocycles. The molecule has 0 aliphatic carbocycles. The van der Waals surface area contributed by atoms with E-state index in [0.29, 0.717) is 25.5 Å². The molecule has 0 fully saturated rings. The fourth-order valence-electron chi connectivity index (χ4n) is 1.77. The van der Waals surface area contributed by atoms with Gasteiger partial charge in [-0.05, 0) is 42.6 Å². The van der Waals surface area contributed by atoms with Gasteiger partial charge in [-0.3, -0.25) is 0 Å². The molecule has 2 nitrogen and oxygen atoms in total. The van der Waals surface area contributed by atoms with Crippen LogP contribution >= 0.6 is 0 Å². The van der Waals surface area contributed by atoms with Crippen LogP contribution in [0, 0.1) is 11.7 Å². The van der Waals surface area contributed by atoms with Crippen molar-refractivity contribution in [2.45, 2.75) is 33.1 Å². The maximum absolute atomic E-state index is 13.1. The van der Waals surface area contributed by atoms with Crippen molar-refractivity contribution in [1.82, 2.24) is 0 Å². The van der Waals surface area contributed by atoms with E-state index in [-0.39, 0.29) is 5.82 Å². The van der Waals surface area contributed by atoms with Gasteiger partial charge in [-0.25, -0.2) is 4.39 Å². The van der Waals surface area contributed by atoms with E-state index >= 15 is 0 Å². The van der Waals surface area contributed by atoms with E-state index in [9.17, 15) is 4.39 Å². The van der Waals surface area contributed by atoms with Crippen molar-refractivity contribution in [2.75, 3.05) is 13.2 Å². The number of hydrogen-bond acceptors (Lipinski definition) is 2. The second-order valence-corrected chi connectivity index (χ2v) is 4.28. The molecule has 0 saturated heterocycles. The van der Waals surface area contributed by atoms with Gasteiger partial charge >= 0.3 is 0 Å². The molecule has 0 aliphatic rings. The molecule has 1 aromatic rings. The predicted octanol–water partition coefficient (Wildman–Crippen LogP) is 3.14. The molecule has 0 spiro atoms. The summed E-state index contributed by atoms with van der Waals surface area (Å²) in [5.74, 6) is 1.10. The van der Waals surface area contributed by atoms with E-state index in [0.717, 1.165) is 24.2 Å². The second kappa shape index (κ2) is 7.28. The van der Waals surface area contributed by atoms with Crippen molar-refractivity contribution in [2.24, 2.45) is 11.7 Å². The minimum atomic E-state index is -0.233. The van der Waals surface area contributed by atoms with Crippen LogP contribution < -0.4 is 10.5 Å². The molecule has 0 unspecified atom stereocenters. The first-order valence-electron chi connectivity index (χ1n) is 6.32. The maximum Gasteiger partial charge on any atom is 0.123 e. The van der Waals surface area contributed by atoms with Gasteiger partial charge in [-0.15, -0.1) is 0 Å². The largest absolute Gasteiger partial charge is 0.493 e. The third-order valence-electron chi connectivity index (χ3n) is 3.07. The average Bonchev–Trinajstić information content (AvgIpc) is 2.33. The normalized spacial score (nSPS) is 10.9. The van der Waals surface area contributed by atoms with Gasteiger partial charge in [0.1, 0.15) is 11.6 Å². The number of ether oxygens (including phenoxy) is 1. The Morgan fingerprint density at radius 3 is 2.59 bits per heavy atom. The number of nitrogens with two attached hydrogens (primary N) is 1. The van der Waals surface area contributed by atoms with Crippen molar-refractivity contribution in [1.29, 1.82) is 0 Å². The third kappa shape index (κ3) is 4.35. The molecule has 0 radical (unpaired) electrons. The first-order chi connectivity index (χ1) is 8.21. The SMILES string of the molecule is CCC(CC)COc1ccc(F)cc1CCN. The molecule has 2 N–H and O–H groups in total. The number of halogens is 1. The lowest BCUT2D eigenvalue weighted by atomic mass is 10.1. The summed E-state index contributed by atoms with van der Waals surface area (Å²) in [5.41, 5.74) is 6.37. The lowest BCUT2D eigenvalue weighted by Gasteiger charge is -2.16. The summed E-state index contributed by atoms with van der Waals surface area (Å²) in [6.45, 7) is 5.51. The average molecular weight is 239 g/mol. The summed E-state index contributed by atoms with van der Waals surface area (Å²) in [6, 6.07) is 4.64. The fraction of sp³-hybridized carbons (Fsp3) is 0.571. The molecule has 1 aromatic carbocycles. The number of rotatable bonds is 7. The van der Waals surface area contributed by atoms with Gasteiger partial charge in [0.15, 0.2) is 0 Å². The predicted molar refractivity (Wildman–Crippen MR) is 68.7 cm³/mol. The summed E-state index contributed by atoms with van der Waals surface area (Å²) in [6.07, 6.45) is 2.85. The summed E-state index contributed by atoms with van der Waals surface area (Å²) >= 11 is 0. The fourth-order valence-corrected chi connectivity index (χ4v) is 1.77. The zero-order valence-electron chi connectivity index (χ0n) is 10.7. The molecule has 0 aromatic heterocycles. The zero-order chi connectivity index (χ0) is 12.7. The Balaban J connectivity index is 2.68. The summed E-state index contributed by atoms with van der Waals surface area (Å²) < 4.78 is 18.9. The Hall–Kier alpha value is -1.09. The van der Waals surface area contributed by atoms with E-state index in [1.807, 2.05) is 0 Å². The quantitative estimate of drug-likeness (QED) is 0.793. The van der Waals surface area contributed by atoms with Crippen LogP contribution in [0.4, 0.5) is 4.39 Å².